The molecule has 0 unspecified atom stereocenters. The Bertz CT molecular complexity index is 796. The van der Waals surface area contributed by atoms with E-state index in [4.69, 9.17) is 4.74 Å². The summed E-state index contributed by atoms with van der Waals surface area (Å²) >= 11 is 0. The van der Waals surface area contributed by atoms with E-state index in [9.17, 15) is 9.90 Å². The number of fused-ring (bicyclic) bond motifs is 5. The van der Waals surface area contributed by atoms with E-state index in [0.717, 1.165) is 30.1 Å². The minimum atomic E-state index is -1.43. The number of esters is 1. The van der Waals surface area contributed by atoms with Gasteiger partial charge in [-0.05, 0) is 84.9 Å². The van der Waals surface area contributed by atoms with Crippen LogP contribution in [0.4, 0.5) is 0 Å². The van der Waals surface area contributed by atoms with E-state index in [2.05, 4.69) is 54.5 Å². The maximum Gasteiger partial charge on any atom is 0.338 e. The topological polar surface area (TPSA) is 46.5 Å². The maximum absolute atomic E-state index is 12.8. The highest BCUT2D eigenvalue weighted by Gasteiger charge is 2.69. The van der Waals surface area contributed by atoms with Gasteiger partial charge in [-0.1, -0.05) is 79.4 Å². The Kier molecular flexibility index (Phi) is 6.42. The lowest BCUT2D eigenvalue weighted by molar-refractivity contribution is -0.172. The van der Waals surface area contributed by atoms with Crippen LogP contribution in [0, 0.1) is 51.8 Å². The molecule has 0 bridgehead atoms. The van der Waals surface area contributed by atoms with Gasteiger partial charge in [0.05, 0.1) is 7.11 Å². The van der Waals surface area contributed by atoms with Crippen LogP contribution in [-0.4, -0.2) is 23.8 Å². The van der Waals surface area contributed by atoms with Gasteiger partial charge in [0.1, 0.15) is 0 Å². The summed E-state index contributed by atoms with van der Waals surface area (Å²) in [4.78, 5) is 12.8. The van der Waals surface area contributed by atoms with Crippen LogP contribution in [0.25, 0.3) is 0 Å². The third kappa shape index (κ3) is 3.57. The molecule has 33 heavy (non-hydrogen) atoms. The number of aliphatic hydroxyl groups is 1. The van der Waals surface area contributed by atoms with E-state index in [1.807, 2.05) is 0 Å². The van der Waals surface area contributed by atoms with E-state index in [1.165, 1.54) is 57.6 Å². The third-order valence-electron chi connectivity index (χ3n) is 11.5. The van der Waals surface area contributed by atoms with Gasteiger partial charge in [0.2, 0.25) is 0 Å². The van der Waals surface area contributed by atoms with Gasteiger partial charge in [-0.3, -0.25) is 0 Å². The maximum atomic E-state index is 12.8. The van der Waals surface area contributed by atoms with Gasteiger partial charge in [-0.15, -0.1) is 0 Å². The van der Waals surface area contributed by atoms with Gasteiger partial charge >= 0.3 is 5.97 Å². The summed E-state index contributed by atoms with van der Waals surface area (Å²) in [7, 11) is 1.41. The number of ether oxygens (including phenoxy) is 1. The van der Waals surface area contributed by atoms with Crippen molar-refractivity contribution in [3.8, 4) is 0 Å². The smallest absolute Gasteiger partial charge is 0.338 e. The first-order valence-corrected chi connectivity index (χ1v) is 13.8. The summed E-state index contributed by atoms with van der Waals surface area (Å²) in [5.41, 5.74) is -0.362. The van der Waals surface area contributed by atoms with Crippen molar-refractivity contribution in [2.45, 2.75) is 112 Å². The summed E-state index contributed by atoms with van der Waals surface area (Å²) in [6.07, 6.45) is 13.4. The number of hydrogen-bond donors (Lipinski definition) is 1. The molecular formula is C30H50O3. The van der Waals surface area contributed by atoms with Gasteiger partial charge < -0.3 is 9.84 Å². The largest absolute Gasteiger partial charge is 0.467 e. The zero-order chi connectivity index (χ0) is 24.4. The second kappa shape index (κ2) is 8.38. The fraction of sp³-hybridized carbons (Fsp3) is 0.900. The van der Waals surface area contributed by atoms with Crippen LogP contribution < -0.4 is 0 Å². The quantitative estimate of drug-likeness (QED) is 0.339. The molecule has 0 aromatic carbocycles. The Labute approximate surface area is 203 Å². The van der Waals surface area contributed by atoms with Crippen LogP contribution in [0.3, 0.4) is 0 Å². The molecule has 0 aliphatic heterocycles. The van der Waals surface area contributed by atoms with Gasteiger partial charge in [0, 0.05) is 5.41 Å². The number of carbonyl (C=O) groups excluding carboxylic acids is 1. The van der Waals surface area contributed by atoms with Crippen molar-refractivity contribution in [2.75, 3.05) is 7.11 Å². The minimum Gasteiger partial charge on any atom is -0.467 e. The minimum absolute atomic E-state index is 0.113. The second-order valence-electron chi connectivity index (χ2n) is 13.8. The van der Waals surface area contributed by atoms with Crippen molar-refractivity contribution in [3.05, 3.63) is 11.6 Å². The molecule has 4 aliphatic carbocycles. The summed E-state index contributed by atoms with van der Waals surface area (Å²) in [6.45, 7) is 16.3. The average molecular weight is 459 g/mol. The molecule has 188 valence electrons. The summed E-state index contributed by atoms with van der Waals surface area (Å²) < 4.78 is 5.12. The van der Waals surface area contributed by atoms with Crippen LogP contribution >= 0.6 is 0 Å². The molecular weight excluding hydrogens is 408 g/mol. The number of methoxy groups -OCH3 is 1. The van der Waals surface area contributed by atoms with Crippen LogP contribution in [0.15, 0.2) is 11.6 Å². The molecule has 0 heterocycles. The van der Waals surface area contributed by atoms with E-state index >= 15 is 0 Å². The molecule has 0 saturated heterocycles. The number of hydrogen-bond acceptors (Lipinski definition) is 3. The highest BCUT2D eigenvalue weighted by molar-refractivity contribution is 5.82. The zero-order valence-corrected chi connectivity index (χ0v) is 22.7. The predicted octanol–water partition coefficient (Wildman–Crippen LogP) is 7.18. The van der Waals surface area contributed by atoms with Crippen molar-refractivity contribution < 1.29 is 14.6 Å². The van der Waals surface area contributed by atoms with Crippen molar-refractivity contribution in [2.24, 2.45) is 51.8 Å². The van der Waals surface area contributed by atoms with Gasteiger partial charge in [-0.2, -0.15) is 0 Å². The van der Waals surface area contributed by atoms with E-state index in [1.54, 1.807) is 0 Å². The fourth-order valence-electron chi connectivity index (χ4n) is 9.79. The first-order chi connectivity index (χ1) is 15.3. The number of allylic oxidation sites excluding steroid dienone is 1. The molecule has 0 amide bonds. The normalized spacial score (nSPS) is 44.6. The van der Waals surface area contributed by atoms with E-state index in [0.29, 0.717) is 23.7 Å². The van der Waals surface area contributed by atoms with E-state index in [-0.39, 0.29) is 5.41 Å². The van der Waals surface area contributed by atoms with Crippen molar-refractivity contribution >= 4 is 5.97 Å². The van der Waals surface area contributed by atoms with Gasteiger partial charge in [-0.25, -0.2) is 4.79 Å². The molecule has 4 rings (SSSR count). The van der Waals surface area contributed by atoms with Crippen molar-refractivity contribution in [1.29, 1.82) is 0 Å². The zero-order valence-electron chi connectivity index (χ0n) is 22.7. The Morgan fingerprint density at radius 2 is 1.79 bits per heavy atom. The Balaban J connectivity index is 1.58. The molecule has 3 heteroatoms. The molecule has 1 N–H and O–H groups in total. The standard InChI is InChI=1S/C30H50O3/c1-19(2)10-9-11-20(3)22-13-14-23-21-12-15-25-27(4,5)30(32,26(31)33-8)18-29(25,7)24(21)16-17-28(22,23)6/h15,19-24,32H,9-14,16-18H2,1-8H3/t20-,21-,22-,23-,24-,28+,29-,30+/m0/s1. The average Bonchev–Trinajstić information content (AvgIpc) is 3.17. The summed E-state index contributed by atoms with van der Waals surface area (Å²) in [5.74, 6) is 4.03. The molecule has 3 saturated carbocycles. The highest BCUT2D eigenvalue weighted by atomic mass is 16.5. The Morgan fingerprint density at radius 1 is 1.09 bits per heavy atom. The lowest BCUT2D eigenvalue weighted by Gasteiger charge is -2.56. The Morgan fingerprint density at radius 3 is 2.42 bits per heavy atom. The summed E-state index contributed by atoms with van der Waals surface area (Å²) in [6, 6.07) is 0. The molecule has 8 atom stereocenters. The molecule has 4 aliphatic rings. The predicted molar refractivity (Wildman–Crippen MR) is 135 cm³/mol. The second-order valence-corrected chi connectivity index (χ2v) is 13.8. The molecule has 3 fully saturated rings. The van der Waals surface area contributed by atoms with Gasteiger partial charge in [0.15, 0.2) is 5.60 Å². The Hall–Kier alpha value is -0.830. The van der Waals surface area contributed by atoms with E-state index < -0.39 is 17.0 Å². The summed E-state index contributed by atoms with van der Waals surface area (Å²) in [5, 5.41) is 11.6. The molecule has 0 radical (unpaired) electrons. The number of carbonyl (C=O) groups is 1. The fourth-order valence-corrected chi connectivity index (χ4v) is 9.79. The third-order valence-corrected chi connectivity index (χ3v) is 11.5. The van der Waals surface area contributed by atoms with Gasteiger partial charge in [0.25, 0.3) is 0 Å². The van der Waals surface area contributed by atoms with Crippen LogP contribution in [0.2, 0.25) is 0 Å². The molecule has 0 aromatic heterocycles. The lowest BCUT2D eigenvalue weighted by atomic mass is 9.48. The number of rotatable bonds is 6. The first kappa shape index (κ1) is 25.3. The molecule has 3 nitrogen and oxygen atoms in total. The molecule has 0 aromatic rings. The van der Waals surface area contributed by atoms with Crippen LogP contribution in [0.5, 0.6) is 0 Å². The van der Waals surface area contributed by atoms with Crippen molar-refractivity contribution in [1.82, 2.24) is 0 Å². The SMILES string of the molecule is COC(=O)[C@]1(O)C[C@]2(C)C(=CC[C@H]3[C@@H]4CC[C@@H]([C@@H](C)CCCC(C)C)[C@@]4(C)CC[C@@H]32)C1(C)C. The van der Waals surface area contributed by atoms with Crippen LogP contribution in [-0.2, 0) is 9.53 Å². The monoisotopic (exact) mass is 458 g/mol. The first-order valence-electron chi connectivity index (χ1n) is 13.8. The van der Waals surface area contributed by atoms with Crippen LogP contribution in [0.1, 0.15) is 106 Å². The van der Waals surface area contributed by atoms with Crippen molar-refractivity contribution in [3.63, 3.8) is 0 Å². The lowest BCUT2D eigenvalue weighted by Crippen LogP contribution is -2.49. The molecule has 0 spiro atoms. The highest BCUT2D eigenvalue weighted by Crippen LogP contribution is 2.71.